The zero-order valence-electron chi connectivity index (χ0n) is 28.6. The molecule has 9 rings (SSSR count). The summed E-state index contributed by atoms with van der Waals surface area (Å²) in [4.78, 5) is 15.5. The Morgan fingerprint density at radius 1 is 0.673 bits per heavy atom. The Morgan fingerprint density at radius 3 is 2.29 bits per heavy atom. The van der Waals surface area contributed by atoms with Gasteiger partial charge < -0.3 is 4.42 Å². The minimum Gasteiger partial charge on any atom is -0.437 e. The van der Waals surface area contributed by atoms with Crippen LogP contribution in [-0.2, 0) is 5.41 Å². The number of para-hydroxylation sites is 1. The molecule has 0 aliphatic heterocycles. The molecule has 0 radical (unpaired) electrons. The first-order valence-corrected chi connectivity index (χ1v) is 17.7. The summed E-state index contributed by atoms with van der Waals surface area (Å²) in [6, 6.07) is 36.9. The molecule has 0 N–H and O–H groups in total. The number of fused-ring (bicyclic) bond motifs is 6. The molecule has 1 aliphatic carbocycles. The lowest BCUT2D eigenvalue weighted by atomic mass is 9.85. The molecule has 0 saturated heterocycles. The first-order chi connectivity index (χ1) is 23.8. The van der Waals surface area contributed by atoms with Crippen LogP contribution in [-0.4, -0.2) is 19.5 Å². The average Bonchev–Trinajstić information content (AvgIpc) is 3.70. The molecular formula is C44H40N4O. The highest BCUT2D eigenvalue weighted by molar-refractivity contribution is 6.10. The lowest BCUT2D eigenvalue weighted by molar-refractivity contribution is 0.436. The average molecular weight is 641 g/mol. The van der Waals surface area contributed by atoms with Crippen molar-refractivity contribution in [2.75, 3.05) is 0 Å². The molecule has 49 heavy (non-hydrogen) atoms. The van der Waals surface area contributed by atoms with Crippen LogP contribution in [0, 0.1) is 6.92 Å². The Hall–Kier alpha value is -5.29. The molecule has 5 nitrogen and oxygen atoms in total. The van der Waals surface area contributed by atoms with E-state index in [9.17, 15) is 0 Å². The highest BCUT2D eigenvalue weighted by Crippen LogP contribution is 2.42. The summed E-state index contributed by atoms with van der Waals surface area (Å²) in [6.07, 6.45) is 6.28. The van der Waals surface area contributed by atoms with Gasteiger partial charge in [-0.2, -0.15) is 0 Å². The minimum atomic E-state index is -0.0145. The lowest BCUT2D eigenvalue weighted by Crippen LogP contribution is -2.12. The van der Waals surface area contributed by atoms with E-state index in [1.54, 1.807) is 0 Å². The number of aromatic nitrogens is 4. The summed E-state index contributed by atoms with van der Waals surface area (Å²) >= 11 is 0. The van der Waals surface area contributed by atoms with E-state index in [1.807, 2.05) is 6.92 Å². The van der Waals surface area contributed by atoms with E-state index in [1.165, 1.54) is 37.7 Å². The number of rotatable bonds is 4. The molecule has 1 aliphatic rings. The molecule has 0 atom stereocenters. The first-order valence-electron chi connectivity index (χ1n) is 17.7. The second-order valence-electron chi connectivity index (χ2n) is 14.8. The number of imidazole rings is 1. The van der Waals surface area contributed by atoms with Crippen molar-refractivity contribution in [2.45, 2.75) is 71.1 Å². The maximum atomic E-state index is 6.76. The highest BCUT2D eigenvalue weighted by atomic mass is 16.3. The molecular weight excluding hydrogens is 601 g/mol. The fourth-order valence-corrected chi connectivity index (χ4v) is 7.83. The molecule has 4 heterocycles. The van der Waals surface area contributed by atoms with E-state index < -0.39 is 0 Å². The quantitative estimate of drug-likeness (QED) is 0.192. The van der Waals surface area contributed by atoms with Crippen LogP contribution in [0.1, 0.15) is 75.7 Å². The zero-order chi connectivity index (χ0) is 33.3. The van der Waals surface area contributed by atoms with Crippen molar-refractivity contribution < 1.29 is 4.42 Å². The van der Waals surface area contributed by atoms with Gasteiger partial charge in [-0.3, -0.25) is 9.55 Å². The van der Waals surface area contributed by atoms with Gasteiger partial charge in [-0.25, -0.2) is 9.97 Å². The molecule has 4 aromatic heterocycles. The van der Waals surface area contributed by atoms with Crippen molar-refractivity contribution in [3.05, 3.63) is 120 Å². The molecule has 0 bridgehead atoms. The fraction of sp³-hybridized carbons (Fsp3) is 0.250. The van der Waals surface area contributed by atoms with Crippen LogP contribution in [0.15, 0.2) is 108 Å². The summed E-state index contributed by atoms with van der Waals surface area (Å²) in [5, 5.41) is 3.17. The number of pyridine rings is 2. The van der Waals surface area contributed by atoms with E-state index in [0.29, 0.717) is 11.6 Å². The van der Waals surface area contributed by atoms with E-state index in [4.69, 9.17) is 19.4 Å². The number of aryl methyl sites for hydroxylation is 1. The predicted octanol–water partition coefficient (Wildman–Crippen LogP) is 11.9. The summed E-state index contributed by atoms with van der Waals surface area (Å²) in [5.41, 5.74) is 12.2. The number of hydrogen-bond donors (Lipinski definition) is 0. The SMILES string of the molecule is Cc1ccc2c(ccc3nc(-c4cccc5c4oc4nc(C6CCCCC6)ccc45)n(-c4ccc(C(C)(C)C)cc4-c4ccccc4)c32)n1. The van der Waals surface area contributed by atoms with E-state index in [-0.39, 0.29) is 5.41 Å². The van der Waals surface area contributed by atoms with Crippen molar-refractivity contribution in [2.24, 2.45) is 0 Å². The molecule has 0 amide bonds. The van der Waals surface area contributed by atoms with Crippen LogP contribution in [0.3, 0.4) is 0 Å². The second-order valence-corrected chi connectivity index (χ2v) is 14.8. The van der Waals surface area contributed by atoms with Crippen LogP contribution in [0.5, 0.6) is 0 Å². The molecule has 1 saturated carbocycles. The van der Waals surface area contributed by atoms with Crippen molar-refractivity contribution in [1.82, 2.24) is 19.5 Å². The van der Waals surface area contributed by atoms with Gasteiger partial charge in [0.1, 0.15) is 11.4 Å². The Bertz CT molecular complexity index is 2530. The number of nitrogens with zero attached hydrogens (tertiary/aromatic N) is 4. The zero-order valence-corrected chi connectivity index (χ0v) is 28.6. The largest absolute Gasteiger partial charge is 0.437 e. The third-order valence-corrected chi connectivity index (χ3v) is 10.5. The van der Waals surface area contributed by atoms with E-state index in [0.717, 1.165) is 77.9 Å². The van der Waals surface area contributed by atoms with E-state index >= 15 is 0 Å². The smallest absolute Gasteiger partial charge is 0.227 e. The summed E-state index contributed by atoms with van der Waals surface area (Å²) in [7, 11) is 0. The summed E-state index contributed by atoms with van der Waals surface area (Å²) < 4.78 is 9.10. The van der Waals surface area contributed by atoms with Crippen LogP contribution in [0.4, 0.5) is 0 Å². The Morgan fingerprint density at radius 2 is 1.47 bits per heavy atom. The van der Waals surface area contributed by atoms with Gasteiger partial charge in [0.25, 0.3) is 0 Å². The fourth-order valence-electron chi connectivity index (χ4n) is 7.83. The van der Waals surface area contributed by atoms with Crippen molar-refractivity contribution in [3.63, 3.8) is 0 Å². The van der Waals surface area contributed by atoms with E-state index in [2.05, 4.69) is 128 Å². The van der Waals surface area contributed by atoms with Crippen LogP contribution < -0.4 is 0 Å². The van der Waals surface area contributed by atoms with Gasteiger partial charge in [0, 0.05) is 39.0 Å². The van der Waals surface area contributed by atoms with Gasteiger partial charge in [0.05, 0.1) is 27.8 Å². The van der Waals surface area contributed by atoms with Crippen LogP contribution >= 0.6 is 0 Å². The lowest BCUT2D eigenvalue weighted by Gasteiger charge is -2.23. The Kier molecular flexibility index (Phi) is 6.94. The molecule has 0 spiro atoms. The number of benzene rings is 4. The maximum absolute atomic E-state index is 6.76. The Labute approximate surface area is 286 Å². The maximum Gasteiger partial charge on any atom is 0.227 e. The van der Waals surface area contributed by atoms with Gasteiger partial charge >= 0.3 is 0 Å². The molecule has 242 valence electrons. The third kappa shape index (κ3) is 5.02. The van der Waals surface area contributed by atoms with Crippen molar-refractivity contribution in [3.8, 4) is 28.2 Å². The topological polar surface area (TPSA) is 56.7 Å². The highest BCUT2D eigenvalue weighted by Gasteiger charge is 2.25. The summed E-state index contributed by atoms with van der Waals surface area (Å²) in [6.45, 7) is 8.85. The standard InChI is InChI=1S/C44H40N4O/c1-27-18-20-33-37(45-27)23-24-38-40(33)48(39-25-19-30(44(2,3)4)26-35(39)28-12-7-5-8-13-28)42(46-38)34-17-11-16-31-32-21-22-36(29-14-9-6-10-15-29)47-43(32)49-41(31)34/h5,7-8,11-13,16-26,29H,6,9-10,14-15H2,1-4H3. The monoisotopic (exact) mass is 640 g/mol. The first kappa shape index (κ1) is 29.8. The number of hydrogen-bond acceptors (Lipinski definition) is 4. The van der Waals surface area contributed by atoms with Crippen LogP contribution in [0.25, 0.3) is 72.2 Å². The minimum absolute atomic E-state index is 0.0145. The van der Waals surface area contributed by atoms with Crippen molar-refractivity contribution >= 4 is 44.0 Å². The van der Waals surface area contributed by atoms with Gasteiger partial charge in [-0.15, -0.1) is 0 Å². The molecule has 5 heteroatoms. The molecule has 4 aromatic carbocycles. The third-order valence-electron chi connectivity index (χ3n) is 10.5. The van der Waals surface area contributed by atoms with Gasteiger partial charge in [0.2, 0.25) is 5.71 Å². The Balaban J connectivity index is 1.35. The van der Waals surface area contributed by atoms with Gasteiger partial charge in [-0.05, 0) is 90.9 Å². The second kappa shape index (κ2) is 11.4. The van der Waals surface area contributed by atoms with Gasteiger partial charge in [-0.1, -0.05) is 88.6 Å². The predicted molar refractivity (Wildman–Crippen MR) is 202 cm³/mol. The van der Waals surface area contributed by atoms with Crippen LogP contribution in [0.2, 0.25) is 0 Å². The molecule has 0 unspecified atom stereocenters. The molecule has 8 aromatic rings. The molecule has 1 fully saturated rings. The van der Waals surface area contributed by atoms with Crippen molar-refractivity contribution in [1.29, 1.82) is 0 Å². The normalized spacial score (nSPS) is 14.4. The summed E-state index contributed by atoms with van der Waals surface area (Å²) in [5.74, 6) is 1.34. The number of furan rings is 1. The van der Waals surface area contributed by atoms with Gasteiger partial charge in [0.15, 0.2) is 0 Å².